The zero-order valence-corrected chi connectivity index (χ0v) is 12.7. The third kappa shape index (κ3) is 2.30. The van der Waals surface area contributed by atoms with E-state index in [0.29, 0.717) is 12.4 Å². The largest absolute Gasteiger partial charge is 0.496 e. The average Bonchev–Trinajstić information content (AvgIpc) is 2.94. The Kier molecular flexibility index (Phi) is 3.68. The molecule has 0 saturated heterocycles. The highest BCUT2D eigenvalue weighted by Crippen LogP contribution is 2.39. The minimum absolute atomic E-state index is 0.655. The van der Waals surface area contributed by atoms with E-state index in [0.717, 1.165) is 33.3 Å². The van der Waals surface area contributed by atoms with Crippen LogP contribution in [0.25, 0.3) is 0 Å². The molecule has 1 unspecified atom stereocenters. The van der Waals surface area contributed by atoms with Crippen molar-refractivity contribution in [1.29, 1.82) is 0 Å². The molecular weight excluding hydrogens is 320 g/mol. The zero-order chi connectivity index (χ0) is 14.1. The van der Waals surface area contributed by atoms with Gasteiger partial charge in [0.15, 0.2) is 0 Å². The second-order valence-corrected chi connectivity index (χ2v) is 5.64. The fraction of sp³-hybridized carbons (Fsp3) is 0.250. The summed E-state index contributed by atoms with van der Waals surface area (Å²) >= 11 is 3.41. The Balaban J connectivity index is 2.05. The molecule has 104 valence electrons. The molecule has 0 aromatic heterocycles. The molecule has 0 fully saturated rings. The molecule has 2 aromatic carbocycles. The molecule has 1 heterocycles. The molecule has 4 heteroatoms. The van der Waals surface area contributed by atoms with Crippen molar-refractivity contribution in [3.05, 3.63) is 57.6 Å². The summed E-state index contributed by atoms with van der Waals surface area (Å²) in [6.45, 7) is 0.677. The number of hydrogen-bond donors (Lipinski definition) is 1. The van der Waals surface area contributed by atoms with Gasteiger partial charge in [-0.15, -0.1) is 0 Å². The van der Waals surface area contributed by atoms with Gasteiger partial charge in [-0.05, 0) is 17.7 Å². The van der Waals surface area contributed by atoms with Crippen LogP contribution in [0.3, 0.4) is 0 Å². The number of aliphatic hydroxyl groups is 1. The predicted molar refractivity (Wildman–Crippen MR) is 80.4 cm³/mol. The average molecular weight is 335 g/mol. The number of ether oxygens (including phenoxy) is 2. The van der Waals surface area contributed by atoms with Crippen LogP contribution in [-0.4, -0.2) is 18.8 Å². The minimum atomic E-state index is -0.758. The molecule has 3 nitrogen and oxygen atoms in total. The topological polar surface area (TPSA) is 38.7 Å². The quantitative estimate of drug-likeness (QED) is 0.933. The van der Waals surface area contributed by atoms with Crippen LogP contribution >= 0.6 is 15.9 Å². The smallest absolute Gasteiger partial charge is 0.128 e. The molecule has 3 rings (SSSR count). The Hall–Kier alpha value is -1.52. The predicted octanol–water partition coefficient (Wildman–Crippen LogP) is 3.47. The van der Waals surface area contributed by atoms with Crippen molar-refractivity contribution >= 4 is 15.9 Å². The molecule has 0 spiro atoms. The minimum Gasteiger partial charge on any atom is -0.496 e. The van der Waals surface area contributed by atoms with Gasteiger partial charge in [-0.25, -0.2) is 0 Å². The number of hydrogen-bond acceptors (Lipinski definition) is 3. The van der Waals surface area contributed by atoms with Gasteiger partial charge in [-0.2, -0.15) is 0 Å². The van der Waals surface area contributed by atoms with E-state index in [2.05, 4.69) is 15.9 Å². The standard InChI is InChI=1S/C16H15BrO3/c1-19-14-9-11(17)5-6-12(14)15(18)13-4-2-3-10-7-8-20-16(10)13/h2-6,9,15,18H,7-8H2,1H3. The lowest BCUT2D eigenvalue weighted by molar-refractivity contribution is 0.208. The molecule has 2 aromatic rings. The highest BCUT2D eigenvalue weighted by molar-refractivity contribution is 9.10. The van der Waals surface area contributed by atoms with Crippen LogP contribution in [-0.2, 0) is 6.42 Å². The fourth-order valence-electron chi connectivity index (χ4n) is 2.53. The maximum Gasteiger partial charge on any atom is 0.128 e. The number of halogens is 1. The normalized spacial score (nSPS) is 14.6. The fourth-order valence-corrected chi connectivity index (χ4v) is 2.87. The Morgan fingerprint density at radius 3 is 2.90 bits per heavy atom. The van der Waals surface area contributed by atoms with Gasteiger partial charge in [0, 0.05) is 22.0 Å². The summed E-state index contributed by atoms with van der Waals surface area (Å²) in [5, 5.41) is 10.7. The summed E-state index contributed by atoms with van der Waals surface area (Å²) in [4.78, 5) is 0. The van der Waals surface area contributed by atoms with Gasteiger partial charge in [0.05, 0.1) is 13.7 Å². The van der Waals surface area contributed by atoms with Gasteiger partial charge >= 0.3 is 0 Å². The molecule has 0 bridgehead atoms. The van der Waals surface area contributed by atoms with Crippen LogP contribution in [0.15, 0.2) is 40.9 Å². The summed E-state index contributed by atoms with van der Waals surface area (Å²) in [5.74, 6) is 1.47. The maximum absolute atomic E-state index is 10.7. The lowest BCUT2D eigenvalue weighted by atomic mass is 9.97. The first-order chi connectivity index (χ1) is 9.70. The molecule has 1 atom stereocenters. The molecule has 0 saturated carbocycles. The van der Waals surface area contributed by atoms with Crippen molar-refractivity contribution in [1.82, 2.24) is 0 Å². The number of rotatable bonds is 3. The van der Waals surface area contributed by atoms with E-state index in [4.69, 9.17) is 9.47 Å². The second kappa shape index (κ2) is 5.46. The second-order valence-electron chi connectivity index (χ2n) is 4.72. The van der Waals surface area contributed by atoms with Crippen molar-refractivity contribution in [2.24, 2.45) is 0 Å². The van der Waals surface area contributed by atoms with Crippen LogP contribution in [0, 0.1) is 0 Å². The van der Waals surface area contributed by atoms with Gasteiger partial charge in [0.1, 0.15) is 17.6 Å². The van der Waals surface area contributed by atoms with E-state index in [1.807, 2.05) is 36.4 Å². The van der Waals surface area contributed by atoms with E-state index in [9.17, 15) is 5.11 Å². The number of aliphatic hydroxyl groups excluding tert-OH is 1. The van der Waals surface area contributed by atoms with Crippen LogP contribution in [0.1, 0.15) is 22.8 Å². The molecule has 1 aliphatic rings. The lowest BCUT2D eigenvalue weighted by Gasteiger charge is -2.17. The summed E-state index contributed by atoms with van der Waals surface area (Å²) in [6, 6.07) is 11.5. The van der Waals surface area contributed by atoms with Crippen LogP contribution in [0.5, 0.6) is 11.5 Å². The summed E-state index contributed by atoms with van der Waals surface area (Å²) < 4.78 is 11.9. The van der Waals surface area contributed by atoms with E-state index in [1.165, 1.54) is 0 Å². The zero-order valence-electron chi connectivity index (χ0n) is 11.1. The Bertz CT molecular complexity index is 640. The summed E-state index contributed by atoms with van der Waals surface area (Å²) in [5.41, 5.74) is 2.68. The molecule has 0 radical (unpaired) electrons. The first kappa shape index (κ1) is 13.5. The summed E-state index contributed by atoms with van der Waals surface area (Å²) in [6.07, 6.45) is 0.138. The lowest BCUT2D eigenvalue weighted by Crippen LogP contribution is -2.04. The van der Waals surface area contributed by atoms with E-state index < -0.39 is 6.10 Å². The third-order valence-electron chi connectivity index (χ3n) is 3.53. The van der Waals surface area contributed by atoms with E-state index in [-0.39, 0.29) is 0 Å². The van der Waals surface area contributed by atoms with Gasteiger partial charge < -0.3 is 14.6 Å². The molecule has 0 amide bonds. The Labute approximate surface area is 126 Å². The Morgan fingerprint density at radius 1 is 1.25 bits per heavy atom. The first-order valence-corrected chi connectivity index (χ1v) is 7.26. The SMILES string of the molecule is COc1cc(Br)ccc1C(O)c1cccc2c1OCC2. The van der Waals surface area contributed by atoms with Gasteiger partial charge in [-0.1, -0.05) is 40.2 Å². The molecule has 1 aliphatic heterocycles. The molecule has 20 heavy (non-hydrogen) atoms. The van der Waals surface area contributed by atoms with Crippen molar-refractivity contribution in [2.45, 2.75) is 12.5 Å². The molecule has 0 aliphatic carbocycles. The molecular formula is C16H15BrO3. The highest BCUT2D eigenvalue weighted by atomic mass is 79.9. The third-order valence-corrected chi connectivity index (χ3v) is 4.02. The van der Waals surface area contributed by atoms with Crippen molar-refractivity contribution in [3.8, 4) is 11.5 Å². The van der Waals surface area contributed by atoms with E-state index in [1.54, 1.807) is 7.11 Å². The van der Waals surface area contributed by atoms with Gasteiger partial charge in [0.2, 0.25) is 0 Å². The number of fused-ring (bicyclic) bond motifs is 1. The number of methoxy groups -OCH3 is 1. The van der Waals surface area contributed by atoms with E-state index >= 15 is 0 Å². The van der Waals surface area contributed by atoms with Gasteiger partial charge in [-0.3, -0.25) is 0 Å². The highest BCUT2D eigenvalue weighted by Gasteiger charge is 2.23. The maximum atomic E-state index is 10.7. The Morgan fingerprint density at radius 2 is 2.10 bits per heavy atom. The van der Waals surface area contributed by atoms with Crippen molar-refractivity contribution in [3.63, 3.8) is 0 Å². The number of benzene rings is 2. The van der Waals surface area contributed by atoms with Crippen LogP contribution in [0.2, 0.25) is 0 Å². The number of para-hydroxylation sites is 1. The van der Waals surface area contributed by atoms with Crippen molar-refractivity contribution < 1.29 is 14.6 Å². The van der Waals surface area contributed by atoms with Crippen LogP contribution in [0.4, 0.5) is 0 Å². The van der Waals surface area contributed by atoms with Crippen molar-refractivity contribution in [2.75, 3.05) is 13.7 Å². The first-order valence-electron chi connectivity index (χ1n) is 6.47. The van der Waals surface area contributed by atoms with Crippen LogP contribution < -0.4 is 9.47 Å². The monoisotopic (exact) mass is 334 g/mol. The van der Waals surface area contributed by atoms with Gasteiger partial charge in [0.25, 0.3) is 0 Å². The molecule has 1 N–H and O–H groups in total. The summed E-state index contributed by atoms with van der Waals surface area (Å²) in [7, 11) is 1.60.